The summed E-state index contributed by atoms with van der Waals surface area (Å²) in [5.41, 5.74) is 2.14. The average molecular weight is 306 g/mol. The molecule has 4 heteroatoms. The Morgan fingerprint density at radius 1 is 1.10 bits per heavy atom. The maximum atomic E-state index is 6.22. The Balaban J connectivity index is 2.10. The van der Waals surface area contributed by atoms with E-state index in [2.05, 4.69) is 12.2 Å². The smallest absolute Gasteiger partial charge is 0.123 e. The molecule has 0 unspecified atom stereocenters. The second-order valence-electron chi connectivity index (χ2n) is 4.80. The van der Waals surface area contributed by atoms with Gasteiger partial charge >= 0.3 is 0 Å². The lowest BCUT2D eigenvalue weighted by Gasteiger charge is -2.17. The van der Waals surface area contributed by atoms with E-state index in [1.807, 2.05) is 42.5 Å². The average Bonchev–Trinajstić information content (AvgIpc) is 2.52. The summed E-state index contributed by atoms with van der Waals surface area (Å²) >= 11 is 6.22. The van der Waals surface area contributed by atoms with Gasteiger partial charge in [-0.3, -0.25) is 0 Å². The quantitative estimate of drug-likeness (QED) is 0.867. The molecule has 0 spiro atoms. The second-order valence-corrected chi connectivity index (χ2v) is 5.21. The number of benzene rings is 2. The molecule has 0 saturated heterocycles. The zero-order valence-electron chi connectivity index (χ0n) is 12.5. The SMILES string of the molecule is COc1ccc(OC)c(CN[C@H](C)c2ccccc2Cl)c1. The molecule has 0 fully saturated rings. The van der Waals surface area contributed by atoms with E-state index < -0.39 is 0 Å². The molecule has 2 rings (SSSR count). The molecule has 0 bridgehead atoms. The van der Waals surface area contributed by atoms with E-state index in [1.54, 1.807) is 14.2 Å². The minimum Gasteiger partial charge on any atom is -0.497 e. The first-order valence-corrected chi connectivity index (χ1v) is 7.22. The van der Waals surface area contributed by atoms with Crippen LogP contribution >= 0.6 is 11.6 Å². The van der Waals surface area contributed by atoms with Gasteiger partial charge in [-0.15, -0.1) is 0 Å². The van der Waals surface area contributed by atoms with Crippen molar-refractivity contribution in [3.63, 3.8) is 0 Å². The third-order valence-corrected chi connectivity index (χ3v) is 3.80. The van der Waals surface area contributed by atoms with Crippen LogP contribution in [0, 0.1) is 0 Å². The zero-order chi connectivity index (χ0) is 15.2. The normalized spacial score (nSPS) is 12.0. The van der Waals surface area contributed by atoms with Gasteiger partial charge in [0.1, 0.15) is 11.5 Å². The van der Waals surface area contributed by atoms with Crippen LogP contribution < -0.4 is 14.8 Å². The van der Waals surface area contributed by atoms with Crippen molar-refractivity contribution in [2.75, 3.05) is 14.2 Å². The number of hydrogen-bond donors (Lipinski definition) is 1. The molecule has 2 aromatic carbocycles. The predicted octanol–water partition coefficient (Wildman–Crippen LogP) is 4.21. The standard InChI is InChI=1S/C17H20ClNO2/c1-12(15-6-4-5-7-16(15)18)19-11-13-10-14(20-2)8-9-17(13)21-3/h4-10,12,19H,11H2,1-3H3/t12-/m1/s1. The van der Waals surface area contributed by atoms with E-state index in [-0.39, 0.29) is 6.04 Å². The van der Waals surface area contributed by atoms with E-state index in [4.69, 9.17) is 21.1 Å². The molecule has 0 aliphatic carbocycles. The maximum absolute atomic E-state index is 6.22. The van der Waals surface area contributed by atoms with Gasteiger partial charge in [0, 0.05) is 23.2 Å². The lowest BCUT2D eigenvalue weighted by molar-refractivity contribution is 0.395. The maximum Gasteiger partial charge on any atom is 0.123 e. The minimum absolute atomic E-state index is 0.148. The number of rotatable bonds is 6. The van der Waals surface area contributed by atoms with Crippen molar-refractivity contribution in [1.29, 1.82) is 0 Å². The molecule has 0 aliphatic rings. The zero-order valence-corrected chi connectivity index (χ0v) is 13.3. The highest BCUT2D eigenvalue weighted by Gasteiger charge is 2.10. The number of hydrogen-bond acceptors (Lipinski definition) is 3. The third-order valence-electron chi connectivity index (χ3n) is 3.46. The van der Waals surface area contributed by atoms with Gasteiger partial charge in [0.2, 0.25) is 0 Å². The summed E-state index contributed by atoms with van der Waals surface area (Å²) in [5, 5.41) is 4.24. The highest BCUT2D eigenvalue weighted by atomic mass is 35.5. The van der Waals surface area contributed by atoms with Crippen LogP contribution in [0.5, 0.6) is 11.5 Å². The first kappa shape index (κ1) is 15.7. The molecule has 0 radical (unpaired) electrons. The van der Waals surface area contributed by atoms with Crippen molar-refractivity contribution >= 4 is 11.6 Å². The van der Waals surface area contributed by atoms with E-state index >= 15 is 0 Å². The first-order valence-electron chi connectivity index (χ1n) is 6.84. The summed E-state index contributed by atoms with van der Waals surface area (Å²) in [5.74, 6) is 1.66. The van der Waals surface area contributed by atoms with E-state index in [0.29, 0.717) is 6.54 Å². The molecule has 1 N–H and O–H groups in total. The molecule has 0 saturated carbocycles. The Bertz CT molecular complexity index is 601. The van der Waals surface area contributed by atoms with Gasteiger partial charge in [-0.25, -0.2) is 0 Å². The van der Waals surface area contributed by atoms with Crippen molar-refractivity contribution in [2.24, 2.45) is 0 Å². The highest BCUT2D eigenvalue weighted by Crippen LogP contribution is 2.26. The highest BCUT2D eigenvalue weighted by molar-refractivity contribution is 6.31. The van der Waals surface area contributed by atoms with Gasteiger partial charge in [-0.05, 0) is 36.8 Å². The predicted molar refractivity (Wildman–Crippen MR) is 86.3 cm³/mol. The van der Waals surface area contributed by atoms with E-state index in [9.17, 15) is 0 Å². The van der Waals surface area contributed by atoms with Crippen molar-refractivity contribution in [1.82, 2.24) is 5.32 Å². The number of halogens is 1. The fourth-order valence-corrected chi connectivity index (χ4v) is 2.52. The number of ether oxygens (including phenoxy) is 2. The number of methoxy groups -OCH3 is 2. The molecule has 21 heavy (non-hydrogen) atoms. The summed E-state index contributed by atoms with van der Waals surface area (Å²) in [7, 11) is 3.33. The molecule has 1 atom stereocenters. The van der Waals surface area contributed by atoms with Gasteiger partial charge in [-0.2, -0.15) is 0 Å². The summed E-state index contributed by atoms with van der Waals surface area (Å²) in [6.45, 7) is 2.76. The summed E-state index contributed by atoms with van der Waals surface area (Å²) in [4.78, 5) is 0. The Kier molecular flexibility index (Phi) is 5.48. The van der Waals surface area contributed by atoms with Gasteiger partial charge < -0.3 is 14.8 Å². The van der Waals surface area contributed by atoms with Crippen LogP contribution in [0.15, 0.2) is 42.5 Å². The van der Waals surface area contributed by atoms with Crippen LogP contribution in [-0.2, 0) is 6.54 Å². The number of nitrogens with one attached hydrogen (secondary N) is 1. The minimum atomic E-state index is 0.148. The molecule has 0 aromatic heterocycles. The Labute approximate surface area is 130 Å². The molecule has 0 aliphatic heterocycles. The van der Waals surface area contributed by atoms with Gasteiger partial charge in [0.15, 0.2) is 0 Å². The molecular formula is C17H20ClNO2. The van der Waals surface area contributed by atoms with Crippen LogP contribution in [0.25, 0.3) is 0 Å². The first-order chi connectivity index (χ1) is 10.2. The van der Waals surface area contributed by atoms with Crippen molar-refractivity contribution in [3.8, 4) is 11.5 Å². The Morgan fingerprint density at radius 2 is 1.86 bits per heavy atom. The molecule has 0 heterocycles. The topological polar surface area (TPSA) is 30.5 Å². The van der Waals surface area contributed by atoms with Crippen LogP contribution in [-0.4, -0.2) is 14.2 Å². The fraction of sp³-hybridized carbons (Fsp3) is 0.294. The monoisotopic (exact) mass is 305 g/mol. The van der Waals surface area contributed by atoms with Crippen LogP contribution in [0.1, 0.15) is 24.1 Å². The van der Waals surface area contributed by atoms with Crippen LogP contribution in [0.3, 0.4) is 0 Å². The van der Waals surface area contributed by atoms with Crippen LogP contribution in [0.2, 0.25) is 5.02 Å². The molecular weight excluding hydrogens is 286 g/mol. The van der Waals surface area contributed by atoms with Crippen molar-refractivity contribution in [3.05, 3.63) is 58.6 Å². The summed E-state index contributed by atoms with van der Waals surface area (Å²) < 4.78 is 10.6. The van der Waals surface area contributed by atoms with Crippen molar-refractivity contribution < 1.29 is 9.47 Å². The summed E-state index contributed by atoms with van der Waals surface area (Å²) in [6, 6.07) is 13.8. The summed E-state index contributed by atoms with van der Waals surface area (Å²) in [6.07, 6.45) is 0. The van der Waals surface area contributed by atoms with E-state index in [1.165, 1.54) is 0 Å². The lowest BCUT2D eigenvalue weighted by Crippen LogP contribution is -2.18. The Morgan fingerprint density at radius 3 is 2.52 bits per heavy atom. The molecule has 0 amide bonds. The molecule has 2 aromatic rings. The Hall–Kier alpha value is -1.71. The third kappa shape index (κ3) is 3.90. The van der Waals surface area contributed by atoms with Crippen LogP contribution in [0.4, 0.5) is 0 Å². The van der Waals surface area contributed by atoms with Gasteiger partial charge in [-0.1, -0.05) is 29.8 Å². The molecule has 112 valence electrons. The van der Waals surface area contributed by atoms with E-state index in [0.717, 1.165) is 27.6 Å². The second kappa shape index (κ2) is 7.34. The fourth-order valence-electron chi connectivity index (χ4n) is 2.22. The lowest BCUT2D eigenvalue weighted by atomic mass is 10.1. The molecule has 3 nitrogen and oxygen atoms in total. The van der Waals surface area contributed by atoms with Crippen molar-refractivity contribution in [2.45, 2.75) is 19.5 Å². The van der Waals surface area contributed by atoms with Gasteiger partial charge in [0.25, 0.3) is 0 Å². The largest absolute Gasteiger partial charge is 0.497 e. The van der Waals surface area contributed by atoms with Gasteiger partial charge in [0.05, 0.1) is 14.2 Å².